The summed E-state index contributed by atoms with van der Waals surface area (Å²) in [5, 5.41) is 14.3. The van der Waals surface area contributed by atoms with Gasteiger partial charge in [0, 0.05) is 6.04 Å². The van der Waals surface area contributed by atoms with Crippen molar-refractivity contribution < 1.29 is 9.90 Å². The van der Waals surface area contributed by atoms with E-state index in [0.29, 0.717) is 10.9 Å². The van der Waals surface area contributed by atoms with Gasteiger partial charge < -0.3 is 10.8 Å². The summed E-state index contributed by atoms with van der Waals surface area (Å²) in [7, 11) is 0. The molecule has 5 heteroatoms. The van der Waals surface area contributed by atoms with Crippen molar-refractivity contribution in [2.75, 3.05) is 0 Å². The SMILES string of the molecule is CC(C)n1nc(C(N)=O)c2c(O)cccc21. The Morgan fingerprint density at radius 1 is 1.50 bits per heavy atom. The predicted octanol–water partition coefficient (Wildman–Crippen LogP) is 1.42. The number of benzene rings is 1. The Balaban J connectivity index is 2.87. The van der Waals surface area contributed by atoms with Crippen LogP contribution in [0.4, 0.5) is 0 Å². The second-order valence-corrected chi connectivity index (χ2v) is 3.92. The quantitative estimate of drug-likeness (QED) is 0.801. The van der Waals surface area contributed by atoms with Gasteiger partial charge in [-0.25, -0.2) is 0 Å². The summed E-state index contributed by atoms with van der Waals surface area (Å²) in [6.07, 6.45) is 0. The third-order valence-corrected chi connectivity index (χ3v) is 2.43. The maximum atomic E-state index is 11.2. The lowest BCUT2D eigenvalue weighted by atomic mass is 10.2. The van der Waals surface area contributed by atoms with Crippen molar-refractivity contribution in [1.82, 2.24) is 9.78 Å². The van der Waals surface area contributed by atoms with Crippen molar-refractivity contribution in [3.8, 4) is 5.75 Å². The molecule has 0 spiro atoms. The topological polar surface area (TPSA) is 81.1 Å². The van der Waals surface area contributed by atoms with Gasteiger partial charge >= 0.3 is 0 Å². The first-order chi connectivity index (χ1) is 7.52. The highest BCUT2D eigenvalue weighted by atomic mass is 16.3. The molecule has 0 aliphatic carbocycles. The number of phenolic OH excluding ortho intramolecular Hbond substituents is 1. The van der Waals surface area contributed by atoms with Gasteiger partial charge in [-0.05, 0) is 26.0 Å². The molecule has 84 valence electrons. The largest absolute Gasteiger partial charge is 0.507 e. The Morgan fingerprint density at radius 2 is 2.19 bits per heavy atom. The van der Waals surface area contributed by atoms with Crippen LogP contribution in [0.5, 0.6) is 5.75 Å². The average Bonchev–Trinajstić information content (AvgIpc) is 2.58. The van der Waals surface area contributed by atoms with Crippen LogP contribution in [0.25, 0.3) is 10.9 Å². The highest BCUT2D eigenvalue weighted by Gasteiger charge is 2.18. The average molecular weight is 219 g/mol. The number of fused-ring (bicyclic) bond motifs is 1. The number of carbonyl (C=O) groups is 1. The molecule has 0 aliphatic heterocycles. The van der Waals surface area contributed by atoms with Crippen molar-refractivity contribution in [3.05, 3.63) is 23.9 Å². The molecule has 0 aliphatic rings. The number of carbonyl (C=O) groups excluding carboxylic acids is 1. The molecule has 0 radical (unpaired) electrons. The molecule has 0 fully saturated rings. The van der Waals surface area contributed by atoms with Crippen molar-refractivity contribution in [3.63, 3.8) is 0 Å². The fraction of sp³-hybridized carbons (Fsp3) is 0.273. The third-order valence-electron chi connectivity index (χ3n) is 2.43. The number of aromatic nitrogens is 2. The van der Waals surface area contributed by atoms with Crippen molar-refractivity contribution in [2.24, 2.45) is 5.73 Å². The highest BCUT2D eigenvalue weighted by Crippen LogP contribution is 2.29. The number of amides is 1. The van der Waals surface area contributed by atoms with Crippen molar-refractivity contribution in [1.29, 1.82) is 0 Å². The molecule has 1 aromatic carbocycles. The first-order valence-electron chi connectivity index (χ1n) is 5.02. The fourth-order valence-corrected chi connectivity index (χ4v) is 1.74. The second kappa shape index (κ2) is 3.52. The number of aromatic hydroxyl groups is 1. The lowest BCUT2D eigenvalue weighted by Gasteiger charge is -2.06. The molecule has 1 heterocycles. The van der Waals surface area contributed by atoms with E-state index in [2.05, 4.69) is 5.10 Å². The molecule has 0 saturated carbocycles. The number of nitrogens with two attached hydrogens (primary N) is 1. The van der Waals surface area contributed by atoms with Gasteiger partial charge in [-0.2, -0.15) is 5.10 Å². The predicted molar refractivity (Wildman–Crippen MR) is 60.3 cm³/mol. The van der Waals surface area contributed by atoms with E-state index < -0.39 is 5.91 Å². The number of phenols is 1. The normalized spacial score (nSPS) is 11.2. The summed E-state index contributed by atoms with van der Waals surface area (Å²) in [5.41, 5.74) is 6.06. The first kappa shape index (κ1) is 10.5. The van der Waals surface area contributed by atoms with E-state index in [1.54, 1.807) is 16.8 Å². The maximum Gasteiger partial charge on any atom is 0.269 e. The zero-order chi connectivity index (χ0) is 11.9. The summed E-state index contributed by atoms with van der Waals surface area (Å²) >= 11 is 0. The zero-order valence-electron chi connectivity index (χ0n) is 9.14. The molecule has 1 aromatic heterocycles. The molecular formula is C11H13N3O2. The molecule has 2 aromatic rings. The van der Waals surface area contributed by atoms with Gasteiger partial charge in [0.15, 0.2) is 5.69 Å². The third kappa shape index (κ3) is 1.41. The monoisotopic (exact) mass is 219 g/mol. The van der Waals surface area contributed by atoms with Crippen LogP contribution in [-0.2, 0) is 0 Å². The van der Waals surface area contributed by atoms with E-state index in [1.807, 2.05) is 13.8 Å². The summed E-state index contributed by atoms with van der Waals surface area (Å²) in [4.78, 5) is 11.2. The summed E-state index contributed by atoms with van der Waals surface area (Å²) in [5.74, 6) is -0.607. The number of rotatable bonds is 2. The second-order valence-electron chi connectivity index (χ2n) is 3.92. The number of hydrogen-bond acceptors (Lipinski definition) is 3. The molecule has 16 heavy (non-hydrogen) atoms. The first-order valence-corrected chi connectivity index (χ1v) is 5.02. The standard InChI is InChI=1S/C11H13N3O2/c1-6(2)14-7-4-3-5-8(15)9(7)10(13-14)11(12)16/h3-6,15H,1-2H3,(H2,12,16). The van der Waals surface area contributed by atoms with Gasteiger partial charge in [-0.15, -0.1) is 0 Å². The summed E-state index contributed by atoms with van der Waals surface area (Å²) < 4.78 is 1.68. The minimum absolute atomic E-state index is 0.0261. The van der Waals surface area contributed by atoms with Crippen LogP contribution in [0, 0.1) is 0 Å². The molecule has 3 N–H and O–H groups in total. The van der Waals surface area contributed by atoms with Crippen LogP contribution >= 0.6 is 0 Å². The van der Waals surface area contributed by atoms with Crippen LogP contribution in [0.1, 0.15) is 30.4 Å². The van der Waals surface area contributed by atoms with E-state index in [1.165, 1.54) is 6.07 Å². The summed E-state index contributed by atoms with van der Waals surface area (Å²) in [6, 6.07) is 5.12. The maximum absolute atomic E-state index is 11.2. The van der Waals surface area contributed by atoms with Gasteiger partial charge in [0.2, 0.25) is 0 Å². The van der Waals surface area contributed by atoms with Crippen LogP contribution in [0.3, 0.4) is 0 Å². The van der Waals surface area contributed by atoms with Crippen molar-refractivity contribution >= 4 is 16.8 Å². The van der Waals surface area contributed by atoms with Crippen molar-refractivity contribution in [2.45, 2.75) is 19.9 Å². The Morgan fingerprint density at radius 3 is 2.75 bits per heavy atom. The molecule has 2 rings (SSSR count). The molecule has 0 atom stereocenters. The Bertz CT molecular complexity index is 558. The van der Waals surface area contributed by atoms with E-state index in [4.69, 9.17) is 5.73 Å². The Labute approximate surface area is 92.5 Å². The molecule has 0 saturated heterocycles. The molecule has 0 bridgehead atoms. The molecule has 0 unspecified atom stereocenters. The molecule has 1 amide bonds. The Hall–Kier alpha value is -2.04. The van der Waals surface area contributed by atoms with Crippen LogP contribution in [0.2, 0.25) is 0 Å². The van der Waals surface area contributed by atoms with Crippen LogP contribution in [0.15, 0.2) is 18.2 Å². The number of nitrogens with zero attached hydrogens (tertiary/aromatic N) is 2. The van der Waals surface area contributed by atoms with Gasteiger partial charge in [0.05, 0.1) is 10.9 Å². The molecule has 5 nitrogen and oxygen atoms in total. The van der Waals surface area contributed by atoms with E-state index in [9.17, 15) is 9.90 Å². The van der Waals surface area contributed by atoms with Gasteiger partial charge in [0.1, 0.15) is 5.75 Å². The van der Waals surface area contributed by atoms with E-state index in [-0.39, 0.29) is 17.5 Å². The number of hydrogen-bond donors (Lipinski definition) is 2. The number of primary amides is 1. The van der Waals surface area contributed by atoms with Gasteiger partial charge in [-0.1, -0.05) is 6.07 Å². The highest BCUT2D eigenvalue weighted by molar-refractivity contribution is 6.06. The zero-order valence-corrected chi connectivity index (χ0v) is 9.14. The van der Waals surface area contributed by atoms with Crippen LogP contribution < -0.4 is 5.73 Å². The molecular weight excluding hydrogens is 206 g/mol. The van der Waals surface area contributed by atoms with E-state index in [0.717, 1.165) is 0 Å². The van der Waals surface area contributed by atoms with Gasteiger partial charge in [-0.3, -0.25) is 9.48 Å². The lowest BCUT2D eigenvalue weighted by Crippen LogP contribution is -2.13. The Kier molecular flexibility index (Phi) is 2.30. The van der Waals surface area contributed by atoms with E-state index >= 15 is 0 Å². The lowest BCUT2D eigenvalue weighted by molar-refractivity contribution is 0.0996. The summed E-state index contributed by atoms with van der Waals surface area (Å²) in [6.45, 7) is 3.89. The minimum Gasteiger partial charge on any atom is -0.507 e. The fourth-order valence-electron chi connectivity index (χ4n) is 1.74. The smallest absolute Gasteiger partial charge is 0.269 e. The van der Waals surface area contributed by atoms with Gasteiger partial charge in [0.25, 0.3) is 5.91 Å². The minimum atomic E-state index is -0.633. The van der Waals surface area contributed by atoms with Crippen LogP contribution in [-0.4, -0.2) is 20.8 Å².